The highest BCUT2D eigenvalue weighted by molar-refractivity contribution is 5.62. The molecule has 0 spiro atoms. The molecule has 0 aliphatic carbocycles. The van der Waals surface area contributed by atoms with Crippen LogP contribution in [0.1, 0.15) is 16.7 Å². The van der Waals surface area contributed by atoms with Crippen molar-refractivity contribution in [3.05, 3.63) is 65.1 Å². The number of nitrogens with zero attached hydrogens (tertiary/aromatic N) is 2. The van der Waals surface area contributed by atoms with E-state index in [0.717, 1.165) is 54.4 Å². The van der Waals surface area contributed by atoms with Crippen molar-refractivity contribution in [2.45, 2.75) is 19.5 Å². The van der Waals surface area contributed by atoms with Crippen LogP contribution in [0.3, 0.4) is 0 Å². The van der Waals surface area contributed by atoms with E-state index < -0.39 is 0 Å². The number of H-pyrrole nitrogens is 1. The Morgan fingerprint density at radius 2 is 1.78 bits per heavy atom. The van der Waals surface area contributed by atoms with Crippen molar-refractivity contribution in [3.8, 4) is 22.8 Å². The molecule has 2 aromatic carbocycles. The number of aromatic amines is 1. The van der Waals surface area contributed by atoms with E-state index in [-0.39, 0.29) is 5.82 Å². The van der Waals surface area contributed by atoms with Crippen LogP contribution in [-0.4, -0.2) is 35.9 Å². The van der Waals surface area contributed by atoms with Gasteiger partial charge < -0.3 is 9.47 Å². The summed E-state index contributed by atoms with van der Waals surface area (Å²) in [6.07, 6.45) is 2.81. The van der Waals surface area contributed by atoms with Gasteiger partial charge in [0.25, 0.3) is 0 Å². The van der Waals surface area contributed by atoms with E-state index in [1.54, 1.807) is 26.4 Å². The van der Waals surface area contributed by atoms with Gasteiger partial charge in [0.15, 0.2) is 11.5 Å². The molecule has 0 bridgehead atoms. The van der Waals surface area contributed by atoms with Gasteiger partial charge in [0, 0.05) is 30.8 Å². The van der Waals surface area contributed by atoms with Crippen LogP contribution in [-0.2, 0) is 19.5 Å². The lowest BCUT2D eigenvalue weighted by Crippen LogP contribution is -2.30. The third kappa shape index (κ3) is 3.53. The van der Waals surface area contributed by atoms with Crippen LogP contribution in [0.5, 0.6) is 11.5 Å². The molecule has 4 rings (SSSR count). The third-order valence-electron chi connectivity index (χ3n) is 5.04. The minimum absolute atomic E-state index is 0.239. The summed E-state index contributed by atoms with van der Waals surface area (Å²) in [6, 6.07) is 10.6. The average Bonchev–Trinajstić information content (AvgIpc) is 3.15. The number of nitrogens with one attached hydrogen (secondary N) is 1. The lowest BCUT2D eigenvalue weighted by Gasteiger charge is -2.29. The van der Waals surface area contributed by atoms with Gasteiger partial charge in [0.2, 0.25) is 0 Å². The Morgan fingerprint density at radius 3 is 2.48 bits per heavy atom. The maximum atomic E-state index is 13.2. The zero-order valence-electron chi connectivity index (χ0n) is 15.5. The summed E-state index contributed by atoms with van der Waals surface area (Å²) < 4.78 is 24.1. The fourth-order valence-electron chi connectivity index (χ4n) is 3.61. The van der Waals surface area contributed by atoms with E-state index in [0.29, 0.717) is 0 Å². The van der Waals surface area contributed by atoms with Crippen LogP contribution in [0.2, 0.25) is 0 Å². The molecule has 0 radical (unpaired) electrons. The highest BCUT2D eigenvalue weighted by atomic mass is 19.1. The first kappa shape index (κ1) is 17.5. The van der Waals surface area contributed by atoms with Crippen LogP contribution >= 0.6 is 0 Å². The summed E-state index contributed by atoms with van der Waals surface area (Å²) in [6.45, 7) is 2.57. The van der Waals surface area contributed by atoms with Crippen molar-refractivity contribution in [1.82, 2.24) is 15.1 Å². The van der Waals surface area contributed by atoms with E-state index >= 15 is 0 Å². The topological polar surface area (TPSA) is 50.4 Å². The lowest BCUT2D eigenvalue weighted by molar-refractivity contribution is 0.244. The van der Waals surface area contributed by atoms with Crippen molar-refractivity contribution >= 4 is 0 Å². The molecule has 0 atom stereocenters. The molecule has 1 aromatic heterocycles. The number of fused-ring (bicyclic) bond motifs is 1. The number of hydrogen-bond donors (Lipinski definition) is 1. The molecule has 1 N–H and O–H groups in total. The molecule has 0 amide bonds. The second-order valence-electron chi connectivity index (χ2n) is 6.71. The molecule has 3 aromatic rings. The van der Waals surface area contributed by atoms with E-state index in [2.05, 4.69) is 27.2 Å². The number of aromatic nitrogens is 2. The molecular formula is C21H22FN3O2. The van der Waals surface area contributed by atoms with Crippen LogP contribution in [0.25, 0.3) is 11.3 Å². The quantitative estimate of drug-likeness (QED) is 0.745. The Hall–Kier alpha value is -2.86. The molecule has 2 heterocycles. The molecule has 1 aliphatic heterocycles. The van der Waals surface area contributed by atoms with Gasteiger partial charge in [-0.3, -0.25) is 10.00 Å². The summed E-state index contributed by atoms with van der Waals surface area (Å²) >= 11 is 0. The average molecular weight is 367 g/mol. The Bertz CT molecular complexity index is 937. The van der Waals surface area contributed by atoms with E-state index in [1.165, 1.54) is 23.3 Å². The first-order valence-electron chi connectivity index (χ1n) is 8.92. The highest BCUT2D eigenvalue weighted by Crippen LogP contribution is 2.34. The second-order valence-corrected chi connectivity index (χ2v) is 6.71. The van der Waals surface area contributed by atoms with Gasteiger partial charge in [-0.1, -0.05) is 0 Å². The number of benzene rings is 2. The van der Waals surface area contributed by atoms with Crippen molar-refractivity contribution in [3.63, 3.8) is 0 Å². The van der Waals surface area contributed by atoms with Crippen LogP contribution in [0, 0.1) is 5.82 Å². The molecule has 27 heavy (non-hydrogen) atoms. The van der Waals surface area contributed by atoms with Gasteiger partial charge in [-0.15, -0.1) is 0 Å². The van der Waals surface area contributed by atoms with Gasteiger partial charge in [-0.25, -0.2) is 4.39 Å². The molecule has 1 aliphatic rings. The predicted molar refractivity (Wildman–Crippen MR) is 101 cm³/mol. The Balaban J connectivity index is 1.54. The molecule has 5 nitrogen and oxygen atoms in total. The zero-order valence-corrected chi connectivity index (χ0v) is 15.5. The molecule has 0 saturated heterocycles. The molecule has 0 unspecified atom stereocenters. The SMILES string of the molecule is COc1cc2c(cc1OC)CN(Cc1cn[nH]c1-c1ccc(F)cc1)CC2. The minimum Gasteiger partial charge on any atom is -0.493 e. The largest absolute Gasteiger partial charge is 0.493 e. The molecule has 140 valence electrons. The lowest BCUT2D eigenvalue weighted by atomic mass is 9.98. The number of halogens is 1. The summed E-state index contributed by atoms with van der Waals surface area (Å²) in [4.78, 5) is 2.38. The van der Waals surface area contributed by atoms with Gasteiger partial charge in [0.1, 0.15) is 5.82 Å². The van der Waals surface area contributed by atoms with E-state index in [1.807, 2.05) is 6.20 Å². The van der Waals surface area contributed by atoms with Gasteiger partial charge >= 0.3 is 0 Å². The van der Waals surface area contributed by atoms with E-state index in [9.17, 15) is 4.39 Å². The third-order valence-corrected chi connectivity index (χ3v) is 5.04. The molecule has 0 saturated carbocycles. The number of methoxy groups -OCH3 is 2. The summed E-state index contributed by atoms with van der Waals surface area (Å²) in [5, 5.41) is 7.25. The normalized spacial score (nSPS) is 14.0. The molecular weight excluding hydrogens is 345 g/mol. The maximum absolute atomic E-state index is 13.2. The van der Waals surface area contributed by atoms with Crippen molar-refractivity contribution < 1.29 is 13.9 Å². The standard InChI is InChI=1S/C21H22FN3O2/c1-26-19-9-15-7-8-25(12-16(15)10-20(19)27-2)13-17-11-23-24-21(17)14-3-5-18(22)6-4-14/h3-6,9-11H,7-8,12-13H2,1-2H3,(H,23,24). The van der Waals surface area contributed by atoms with Crippen molar-refractivity contribution in [2.24, 2.45) is 0 Å². The maximum Gasteiger partial charge on any atom is 0.161 e. The Kier molecular flexibility index (Phi) is 4.81. The fourth-order valence-corrected chi connectivity index (χ4v) is 3.61. The van der Waals surface area contributed by atoms with Crippen LogP contribution in [0.4, 0.5) is 4.39 Å². The number of hydrogen-bond acceptors (Lipinski definition) is 4. The number of ether oxygens (including phenoxy) is 2. The first-order chi connectivity index (χ1) is 13.2. The number of rotatable bonds is 5. The van der Waals surface area contributed by atoms with Gasteiger partial charge in [0.05, 0.1) is 26.1 Å². The molecule has 6 heteroatoms. The van der Waals surface area contributed by atoms with Crippen LogP contribution < -0.4 is 9.47 Å². The zero-order chi connectivity index (χ0) is 18.8. The van der Waals surface area contributed by atoms with E-state index in [4.69, 9.17) is 9.47 Å². The summed E-state index contributed by atoms with van der Waals surface area (Å²) in [7, 11) is 3.32. The Labute approximate surface area is 157 Å². The van der Waals surface area contributed by atoms with Crippen molar-refractivity contribution in [1.29, 1.82) is 0 Å². The predicted octanol–water partition coefficient (Wildman–Crippen LogP) is 3.79. The van der Waals surface area contributed by atoms with Crippen molar-refractivity contribution in [2.75, 3.05) is 20.8 Å². The summed E-state index contributed by atoms with van der Waals surface area (Å²) in [5.41, 5.74) is 5.53. The van der Waals surface area contributed by atoms with Crippen LogP contribution in [0.15, 0.2) is 42.6 Å². The second kappa shape index (κ2) is 7.40. The first-order valence-corrected chi connectivity index (χ1v) is 8.92. The summed E-state index contributed by atoms with van der Waals surface area (Å²) in [5.74, 6) is 1.29. The molecule has 0 fully saturated rings. The minimum atomic E-state index is -0.239. The van der Waals surface area contributed by atoms with Gasteiger partial charge in [-0.2, -0.15) is 5.10 Å². The fraction of sp³-hybridized carbons (Fsp3) is 0.286. The highest BCUT2D eigenvalue weighted by Gasteiger charge is 2.21. The van der Waals surface area contributed by atoms with Gasteiger partial charge in [-0.05, 0) is 53.9 Å². The Morgan fingerprint density at radius 1 is 1.07 bits per heavy atom. The smallest absolute Gasteiger partial charge is 0.161 e. The monoisotopic (exact) mass is 367 g/mol.